The standard InChI is InChI=1S/C17H16N4O3/c1-21-10-19-13-7-11(9-18-16(13)21)17(22)20-12-3-4-14-15(8-12)24-6-2-5-23-14/h3-4,7-10H,2,5-6H2,1H3,(H,20,22). The van der Waals surface area contributed by atoms with Crippen LogP contribution in [0.4, 0.5) is 5.69 Å². The zero-order valence-corrected chi connectivity index (χ0v) is 13.2. The summed E-state index contributed by atoms with van der Waals surface area (Å²) in [6.07, 6.45) is 4.05. The van der Waals surface area contributed by atoms with Crippen molar-refractivity contribution in [3.63, 3.8) is 0 Å². The van der Waals surface area contributed by atoms with Crippen molar-refractivity contribution in [2.24, 2.45) is 7.05 Å². The van der Waals surface area contributed by atoms with E-state index < -0.39 is 0 Å². The van der Waals surface area contributed by atoms with Crippen LogP contribution >= 0.6 is 0 Å². The number of anilines is 1. The molecule has 1 aliphatic heterocycles. The molecular weight excluding hydrogens is 308 g/mol. The van der Waals surface area contributed by atoms with Crippen LogP contribution in [0, 0.1) is 0 Å². The molecule has 0 saturated heterocycles. The van der Waals surface area contributed by atoms with E-state index in [0.29, 0.717) is 41.5 Å². The van der Waals surface area contributed by atoms with Crippen molar-refractivity contribution in [2.75, 3.05) is 18.5 Å². The molecule has 1 aliphatic rings. The van der Waals surface area contributed by atoms with Crippen molar-refractivity contribution in [3.8, 4) is 11.5 Å². The molecule has 24 heavy (non-hydrogen) atoms. The van der Waals surface area contributed by atoms with Gasteiger partial charge in [0.05, 0.1) is 25.1 Å². The molecule has 0 spiro atoms. The van der Waals surface area contributed by atoms with Crippen molar-refractivity contribution >= 4 is 22.8 Å². The number of imidazole rings is 1. The van der Waals surface area contributed by atoms with Gasteiger partial charge in [0.25, 0.3) is 5.91 Å². The summed E-state index contributed by atoms with van der Waals surface area (Å²) in [5, 5.41) is 2.85. The smallest absolute Gasteiger partial charge is 0.257 e. The number of pyridine rings is 1. The number of amides is 1. The molecule has 0 bridgehead atoms. The lowest BCUT2D eigenvalue weighted by molar-refractivity contribution is 0.102. The lowest BCUT2D eigenvalue weighted by Gasteiger charge is -2.10. The Kier molecular flexibility index (Phi) is 3.53. The third kappa shape index (κ3) is 2.64. The Balaban J connectivity index is 1.57. The Morgan fingerprint density at radius 3 is 2.88 bits per heavy atom. The first-order valence-corrected chi connectivity index (χ1v) is 7.69. The van der Waals surface area contributed by atoms with Crippen molar-refractivity contribution in [1.82, 2.24) is 14.5 Å². The molecule has 0 aliphatic carbocycles. The van der Waals surface area contributed by atoms with E-state index in [2.05, 4.69) is 15.3 Å². The number of carbonyl (C=O) groups excluding carboxylic acids is 1. The van der Waals surface area contributed by atoms with Crippen LogP contribution in [0.5, 0.6) is 11.5 Å². The number of fused-ring (bicyclic) bond motifs is 2. The maximum Gasteiger partial charge on any atom is 0.257 e. The van der Waals surface area contributed by atoms with Gasteiger partial charge in [-0.25, -0.2) is 9.97 Å². The third-order valence-corrected chi connectivity index (χ3v) is 3.82. The first-order chi connectivity index (χ1) is 11.7. The Bertz CT molecular complexity index is 919. The number of hydrogen-bond donors (Lipinski definition) is 1. The van der Waals surface area contributed by atoms with Gasteiger partial charge in [-0.15, -0.1) is 0 Å². The molecule has 0 saturated carbocycles. The van der Waals surface area contributed by atoms with Gasteiger partial charge in [0, 0.05) is 31.4 Å². The van der Waals surface area contributed by atoms with Gasteiger partial charge >= 0.3 is 0 Å². The molecule has 122 valence electrons. The number of hydrogen-bond acceptors (Lipinski definition) is 5. The van der Waals surface area contributed by atoms with E-state index in [1.54, 1.807) is 41.4 Å². The maximum atomic E-state index is 12.4. The van der Waals surface area contributed by atoms with Gasteiger partial charge in [0.15, 0.2) is 17.1 Å². The Morgan fingerprint density at radius 2 is 2.00 bits per heavy atom. The molecule has 7 heteroatoms. The quantitative estimate of drug-likeness (QED) is 0.783. The molecule has 0 fully saturated rings. The van der Waals surface area contributed by atoms with E-state index in [1.807, 2.05) is 7.05 Å². The van der Waals surface area contributed by atoms with Gasteiger partial charge in [-0.3, -0.25) is 4.79 Å². The Morgan fingerprint density at radius 1 is 1.17 bits per heavy atom. The first kappa shape index (κ1) is 14.5. The molecule has 0 atom stereocenters. The summed E-state index contributed by atoms with van der Waals surface area (Å²) in [6, 6.07) is 7.08. The van der Waals surface area contributed by atoms with E-state index in [4.69, 9.17) is 9.47 Å². The predicted octanol–water partition coefficient (Wildman–Crippen LogP) is 2.38. The number of aryl methyl sites for hydroxylation is 1. The van der Waals surface area contributed by atoms with E-state index in [9.17, 15) is 4.79 Å². The first-order valence-electron chi connectivity index (χ1n) is 7.69. The van der Waals surface area contributed by atoms with Gasteiger partial charge < -0.3 is 19.4 Å². The number of benzene rings is 1. The van der Waals surface area contributed by atoms with Crippen molar-refractivity contribution in [2.45, 2.75) is 6.42 Å². The summed E-state index contributed by atoms with van der Waals surface area (Å²) in [6.45, 7) is 1.24. The molecule has 7 nitrogen and oxygen atoms in total. The number of carbonyl (C=O) groups is 1. The topological polar surface area (TPSA) is 78.3 Å². The summed E-state index contributed by atoms with van der Waals surface area (Å²) < 4.78 is 13.0. The Hall–Kier alpha value is -3.09. The summed E-state index contributed by atoms with van der Waals surface area (Å²) in [5.41, 5.74) is 2.52. The van der Waals surface area contributed by atoms with Gasteiger partial charge in [-0.05, 0) is 18.2 Å². The fourth-order valence-corrected chi connectivity index (χ4v) is 2.58. The minimum atomic E-state index is -0.246. The van der Waals surface area contributed by atoms with Crippen LogP contribution in [0.3, 0.4) is 0 Å². The second-order valence-corrected chi connectivity index (χ2v) is 5.59. The highest BCUT2D eigenvalue weighted by Crippen LogP contribution is 2.32. The van der Waals surface area contributed by atoms with Gasteiger partial charge in [-0.1, -0.05) is 0 Å². The molecule has 1 aromatic carbocycles. The molecule has 0 unspecified atom stereocenters. The van der Waals surface area contributed by atoms with E-state index >= 15 is 0 Å². The van der Waals surface area contributed by atoms with Crippen molar-refractivity contribution in [3.05, 3.63) is 42.4 Å². The summed E-state index contributed by atoms with van der Waals surface area (Å²) in [7, 11) is 1.86. The highest BCUT2D eigenvalue weighted by atomic mass is 16.5. The van der Waals surface area contributed by atoms with Crippen LogP contribution in [0.1, 0.15) is 16.8 Å². The molecule has 3 heterocycles. The fourth-order valence-electron chi connectivity index (χ4n) is 2.58. The molecule has 3 aromatic rings. The zero-order chi connectivity index (χ0) is 16.5. The number of rotatable bonds is 2. The lowest BCUT2D eigenvalue weighted by Crippen LogP contribution is -2.12. The number of ether oxygens (including phenoxy) is 2. The molecule has 2 aromatic heterocycles. The monoisotopic (exact) mass is 324 g/mol. The molecule has 1 N–H and O–H groups in total. The minimum Gasteiger partial charge on any atom is -0.490 e. The van der Waals surface area contributed by atoms with E-state index in [0.717, 1.165) is 12.1 Å². The van der Waals surface area contributed by atoms with Gasteiger partial charge in [-0.2, -0.15) is 0 Å². The minimum absolute atomic E-state index is 0.246. The average Bonchev–Trinajstić information content (AvgIpc) is 2.81. The third-order valence-electron chi connectivity index (χ3n) is 3.82. The number of nitrogens with one attached hydrogen (secondary N) is 1. The average molecular weight is 324 g/mol. The summed E-state index contributed by atoms with van der Waals surface area (Å²) in [5.74, 6) is 1.09. The lowest BCUT2D eigenvalue weighted by atomic mass is 10.2. The summed E-state index contributed by atoms with van der Waals surface area (Å²) >= 11 is 0. The Labute approximate surface area is 138 Å². The van der Waals surface area contributed by atoms with Crippen LogP contribution in [-0.4, -0.2) is 33.7 Å². The predicted molar refractivity (Wildman–Crippen MR) is 88.5 cm³/mol. The second kappa shape index (κ2) is 5.84. The zero-order valence-electron chi connectivity index (χ0n) is 13.2. The van der Waals surface area contributed by atoms with Gasteiger partial charge in [0.1, 0.15) is 5.52 Å². The molecule has 1 amide bonds. The van der Waals surface area contributed by atoms with E-state index in [-0.39, 0.29) is 5.91 Å². The van der Waals surface area contributed by atoms with Gasteiger partial charge in [0.2, 0.25) is 0 Å². The second-order valence-electron chi connectivity index (χ2n) is 5.59. The molecule has 4 rings (SSSR count). The molecular formula is C17H16N4O3. The maximum absolute atomic E-state index is 12.4. The molecule has 0 radical (unpaired) electrons. The normalized spacial score (nSPS) is 13.5. The van der Waals surface area contributed by atoms with Crippen LogP contribution in [0.25, 0.3) is 11.2 Å². The highest BCUT2D eigenvalue weighted by molar-refractivity contribution is 6.05. The largest absolute Gasteiger partial charge is 0.490 e. The SMILES string of the molecule is Cn1cnc2cc(C(=O)Nc3ccc4c(c3)OCCCO4)cnc21. The van der Waals surface area contributed by atoms with Crippen LogP contribution in [-0.2, 0) is 7.05 Å². The summed E-state index contributed by atoms with van der Waals surface area (Å²) in [4.78, 5) is 20.9. The number of aromatic nitrogens is 3. The highest BCUT2D eigenvalue weighted by Gasteiger charge is 2.14. The van der Waals surface area contributed by atoms with E-state index in [1.165, 1.54) is 0 Å². The van der Waals surface area contributed by atoms with Crippen LogP contribution in [0.2, 0.25) is 0 Å². The van der Waals surface area contributed by atoms with Crippen LogP contribution in [0.15, 0.2) is 36.8 Å². The number of nitrogens with zero attached hydrogens (tertiary/aromatic N) is 3. The van der Waals surface area contributed by atoms with Crippen LogP contribution < -0.4 is 14.8 Å². The van der Waals surface area contributed by atoms with Crippen molar-refractivity contribution < 1.29 is 14.3 Å². The fraction of sp³-hybridized carbons (Fsp3) is 0.235. The van der Waals surface area contributed by atoms with Crippen molar-refractivity contribution in [1.29, 1.82) is 0 Å².